The number of rotatable bonds is 4. The van der Waals surface area contributed by atoms with Crippen LogP contribution in [0.3, 0.4) is 0 Å². The normalized spacial score (nSPS) is 29.7. The molecule has 0 aliphatic carbocycles. The Morgan fingerprint density at radius 2 is 1.85 bits per heavy atom. The van der Waals surface area contributed by atoms with Crippen molar-refractivity contribution in [2.75, 3.05) is 40.3 Å². The highest BCUT2D eigenvalue weighted by Gasteiger charge is 2.36. The third-order valence-corrected chi connectivity index (χ3v) is 6.49. The second-order valence-corrected chi connectivity index (χ2v) is 8.46. The van der Waals surface area contributed by atoms with Crippen molar-refractivity contribution in [1.82, 2.24) is 20.0 Å². The lowest BCUT2D eigenvalue weighted by atomic mass is 9.97. The number of amides is 1. The topological polar surface area (TPSA) is 38.8 Å². The van der Waals surface area contributed by atoms with Crippen LogP contribution in [-0.4, -0.2) is 79.0 Å². The number of fused-ring (bicyclic) bond motifs is 2. The molecular weight excluding hydrogens is 324 g/mol. The van der Waals surface area contributed by atoms with Gasteiger partial charge in [-0.1, -0.05) is 12.1 Å². The minimum Gasteiger partial charge on any atom is -0.339 e. The number of hydrogen-bond acceptors (Lipinski definition) is 4. The van der Waals surface area contributed by atoms with Gasteiger partial charge in [-0.05, 0) is 50.4 Å². The van der Waals surface area contributed by atoms with Crippen LogP contribution in [0, 0.1) is 0 Å². The van der Waals surface area contributed by atoms with Crippen LogP contribution in [0.1, 0.15) is 41.6 Å². The smallest absolute Gasteiger partial charge is 0.253 e. The van der Waals surface area contributed by atoms with E-state index < -0.39 is 0 Å². The Hall–Kier alpha value is -1.43. The van der Waals surface area contributed by atoms with Gasteiger partial charge >= 0.3 is 0 Å². The summed E-state index contributed by atoms with van der Waals surface area (Å²) in [6.45, 7) is 5.40. The number of nitrogens with one attached hydrogen (secondary N) is 1. The number of likely N-dealkylation sites (N-methyl/N-ethyl adjacent to an activating group) is 1. The summed E-state index contributed by atoms with van der Waals surface area (Å²) in [6.07, 6.45) is 4.73. The molecule has 142 valence electrons. The molecule has 3 aliphatic rings. The van der Waals surface area contributed by atoms with Gasteiger partial charge in [0.15, 0.2) is 0 Å². The van der Waals surface area contributed by atoms with E-state index in [-0.39, 0.29) is 5.91 Å². The fourth-order valence-corrected chi connectivity index (χ4v) is 4.78. The average molecular weight is 357 g/mol. The molecule has 0 spiro atoms. The van der Waals surface area contributed by atoms with E-state index in [0.29, 0.717) is 18.1 Å². The highest BCUT2D eigenvalue weighted by molar-refractivity contribution is 5.94. The first-order valence-electron chi connectivity index (χ1n) is 10.1. The molecule has 1 aromatic carbocycles. The lowest BCUT2D eigenvalue weighted by Crippen LogP contribution is -2.48. The van der Waals surface area contributed by atoms with Crippen LogP contribution >= 0.6 is 0 Å². The lowest BCUT2D eigenvalue weighted by molar-refractivity contribution is 0.0681. The van der Waals surface area contributed by atoms with Gasteiger partial charge in [0.1, 0.15) is 0 Å². The number of benzene rings is 1. The van der Waals surface area contributed by atoms with Crippen LogP contribution in [0.5, 0.6) is 0 Å². The summed E-state index contributed by atoms with van der Waals surface area (Å²) in [5, 5.41) is 3.66. The molecular formula is C21H32N4O. The maximum absolute atomic E-state index is 13.1. The predicted octanol–water partition coefficient (Wildman–Crippen LogP) is 1.79. The monoisotopic (exact) mass is 356 g/mol. The van der Waals surface area contributed by atoms with Gasteiger partial charge in [0.25, 0.3) is 5.91 Å². The van der Waals surface area contributed by atoms with Crippen LogP contribution in [0.2, 0.25) is 0 Å². The van der Waals surface area contributed by atoms with Crippen LogP contribution in [0.4, 0.5) is 0 Å². The molecule has 5 nitrogen and oxygen atoms in total. The largest absolute Gasteiger partial charge is 0.339 e. The molecule has 1 aromatic rings. The number of carbonyl (C=O) groups is 1. The summed E-state index contributed by atoms with van der Waals surface area (Å²) in [5.74, 6) is 0.177. The summed E-state index contributed by atoms with van der Waals surface area (Å²) >= 11 is 0. The van der Waals surface area contributed by atoms with Crippen LogP contribution in [0.25, 0.3) is 0 Å². The van der Waals surface area contributed by atoms with Crippen molar-refractivity contribution in [3.63, 3.8) is 0 Å². The molecule has 26 heavy (non-hydrogen) atoms. The van der Waals surface area contributed by atoms with Gasteiger partial charge in [-0.15, -0.1) is 0 Å². The van der Waals surface area contributed by atoms with Crippen molar-refractivity contribution < 1.29 is 4.79 Å². The third kappa shape index (κ3) is 3.95. The van der Waals surface area contributed by atoms with Gasteiger partial charge in [-0.2, -0.15) is 0 Å². The van der Waals surface area contributed by atoms with Crippen LogP contribution in [0.15, 0.2) is 24.3 Å². The van der Waals surface area contributed by atoms with Gasteiger partial charge in [0, 0.05) is 63.5 Å². The van der Waals surface area contributed by atoms with Crippen LogP contribution < -0.4 is 5.32 Å². The molecule has 1 amide bonds. The quantitative estimate of drug-likeness (QED) is 0.893. The third-order valence-electron chi connectivity index (χ3n) is 6.49. The standard InChI is InChI=1S/C21H32N4O/c1-23-8-10-25(11-9-23)15-16-4-3-5-17(12-16)21(26)24(2)20-13-18-6-7-19(14-20)22-18/h3-5,12,18-20,22H,6-11,13-15H2,1-2H3. The average Bonchev–Trinajstić information content (AvgIpc) is 3.00. The molecule has 1 N–H and O–H groups in total. The Morgan fingerprint density at radius 1 is 1.15 bits per heavy atom. The zero-order chi connectivity index (χ0) is 18.1. The van der Waals surface area contributed by atoms with E-state index in [4.69, 9.17) is 0 Å². The van der Waals surface area contributed by atoms with E-state index in [1.165, 1.54) is 18.4 Å². The molecule has 0 saturated carbocycles. The predicted molar refractivity (Wildman–Crippen MR) is 104 cm³/mol. The summed E-state index contributed by atoms with van der Waals surface area (Å²) in [7, 11) is 4.17. The molecule has 2 bridgehead atoms. The first kappa shape index (κ1) is 18.0. The summed E-state index contributed by atoms with van der Waals surface area (Å²) in [5.41, 5.74) is 2.09. The zero-order valence-electron chi connectivity index (χ0n) is 16.2. The SMILES string of the molecule is CN1CCN(Cc2cccc(C(=O)N(C)C3CC4CCC(C3)N4)c2)CC1. The van der Waals surface area contributed by atoms with Gasteiger partial charge in [-0.3, -0.25) is 9.69 Å². The number of piperazine rings is 1. The fourth-order valence-electron chi connectivity index (χ4n) is 4.78. The number of hydrogen-bond donors (Lipinski definition) is 1. The van der Waals surface area contributed by atoms with Gasteiger partial charge in [-0.25, -0.2) is 0 Å². The van der Waals surface area contributed by atoms with E-state index in [1.54, 1.807) is 0 Å². The van der Waals surface area contributed by atoms with Crippen molar-refractivity contribution in [2.45, 2.75) is 50.4 Å². The van der Waals surface area contributed by atoms with E-state index in [9.17, 15) is 4.79 Å². The van der Waals surface area contributed by atoms with E-state index in [2.05, 4.69) is 34.3 Å². The van der Waals surface area contributed by atoms with Crippen molar-refractivity contribution in [3.05, 3.63) is 35.4 Å². The zero-order valence-corrected chi connectivity index (χ0v) is 16.2. The summed E-state index contributed by atoms with van der Waals surface area (Å²) < 4.78 is 0. The van der Waals surface area contributed by atoms with Crippen molar-refractivity contribution >= 4 is 5.91 Å². The van der Waals surface area contributed by atoms with Crippen molar-refractivity contribution in [2.24, 2.45) is 0 Å². The second-order valence-electron chi connectivity index (χ2n) is 8.46. The minimum atomic E-state index is 0.177. The Kier molecular flexibility index (Phi) is 5.30. The summed E-state index contributed by atoms with van der Waals surface area (Å²) in [4.78, 5) is 19.9. The highest BCUT2D eigenvalue weighted by Crippen LogP contribution is 2.30. The molecule has 5 heteroatoms. The maximum atomic E-state index is 13.1. The molecule has 3 fully saturated rings. The van der Waals surface area contributed by atoms with Crippen molar-refractivity contribution in [3.8, 4) is 0 Å². The van der Waals surface area contributed by atoms with E-state index in [0.717, 1.165) is 51.1 Å². The van der Waals surface area contributed by atoms with E-state index in [1.807, 2.05) is 24.1 Å². The first-order chi connectivity index (χ1) is 12.6. The van der Waals surface area contributed by atoms with Crippen molar-refractivity contribution in [1.29, 1.82) is 0 Å². The highest BCUT2D eigenvalue weighted by atomic mass is 16.2. The lowest BCUT2D eigenvalue weighted by Gasteiger charge is -2.35. The molecule has 4 rings (SSSR count). The van der Waals surface area contributed by atoms with Gasteiger partial charge in [0.05, 0.1) is 0 Å². The second kappa shape index (κ2) is 7.67. The Labute approximate surface area is 157 Å². The number of carbonyl (C=O) groups excluding carboxylic acids is 1. The fraction of sp³-hybridized carbons (Fsp3) is 0.667. The molecule has 3 aliphatic heterocycles. The van der Waals surface area contributed by atoms with Gasteiger partial charge in [0.2, 0.25) is 0 Å². The first-order valence-corrected chi connectivity index (χ1v) is 10.1. The molecule has 0 radical (unpaired) electrons. The number of nitrogens with zero attached hydrogens (tertiary/aromatic N) is 3. The number of piperidine rings is 1. The summed E-state index contributed by atoms with van der Waals surface area (Å²) in [6, 6.07) is 9.87. The minimum absolute atomic E-state index is 0.177. The van der Waals surface area contributed by atoms with Gasteiger partial charge < -0.3 is 15.1 Å². The van der Waals surface area contributed by atoms with E-state index >= 15 is 0 Å². The Balaban J connectivity index is 1.39. The molecule has 3 saturated heterocycles. The Bertz CT molecular complexity index is 629. The molecule has 2 atom stereocenters. The molecule has 3 heterocycles. The maximum Gasteiger partial charge on any atom is 0.253 e. The molecule has 0 aromatic heterocycles. The Morgan fingerprint density at radius 3 is 2.54 bits per heavy atom. The molecule has 2 unspecified atom stereocenters. The van der Waals surface area contributed by atoms with Crippen LogP contribution in [-0.2, 0) is 6.54 Å².